The van der Waals surface area contributed by atoms with E-state index in [4.69, 9.17) is 0 Å². The van der Waals surface area contributed by atoms with Gasteiger partial charge in [-0.05, 0) is 39.7 Å². The topological polar surface area (TPSA) is 34.9 Å². The van der Waals surface area contributed by atoms with Gasteiger partial charge in [-0.3, -0.25) is 9.48 Å². The third kappa shape index (κ3) is 2.16. The molecule has 3 rings (SSSR count). The summed E-state index contributed by atoms with van der Waals surface area (Å²) >= 11 is 3.40. The van der Waals surface area contributed by atoms with E-state index in [1.165, 1.54) is 0 Å². The molecule has 0 saturated carbocycles. The number of nitrogens with zero attached hydrogens (tertiary/aromatic N) is 2. The Morgan fingerprint density at radius 1 is 1.20 bits per heavy atom. The molecule has 20 heavy (non-hydrogen) atoms. The van der Waals surface area contributed by atoms with Gasteiger partial charge in [0.2, 0.25) is 5.78 Å². The number of ketones is 1. The lowest BCUT2D eigenvalue weighted by atomic mass is 10.0. The van der Waals surface area contributed by atoms with Gasteiger partial charge < -0.3 is 0 Å². The number of fused-ring (bicyclic) bond motifs is 1. The summed E-state index contributed by atoms with van der Waals surface area (Å²) < 4.78 is 2.44. The summed E-state index contributed by atoms with van der Waals surface area (Å²) in [6, 6.07) is 13.8. The molecule has 0 amide bonds. The standard InChI is InChI=1S/C16H13BrN2O/c1-2-19-15(14(17)10-18-19)16(20)13-8-7-11-5-3-4-6-12(11)9-13/h3-10H,2H2,1H3. The number of carbonyl (C=O) groups excluding carboxylic acids is 1. The first-order valence-corrected chi connectivity index (χ1v) is 7.25. The van der Waals surface area contributed by atoms with Gasteiger partial charge in [0, 0.05) is 12.1 Å². The first-order valence-electron chi connectivity index (χ1n) is 6.45. The Morgan fingerprint density at radius 3 is 2.70 bits per heavy atom. The van der Waals surface area contributed by atoms with Gasteiger partial charge in [0.1, 0.15) is 5.69 Å². The molecule has 4 heteroatoms. The van der Waals surface area contributed by atoms with Crippen LogP contribution < -0.4 is 0 Å². The van der Waals surface area contributed by atoms with Crippen molar-refractivity contribution in [3.8, 4) is 0 Å². The van der Waals surface area contributed by atoms with Gasteiger partial charge in [0.05, 0.1) is 10.7 Å². The van der Waals surface area contributed by atoms with Gasteiger partial charge >= 0.3 is 0 Å². The summed E-state index contributed by atoms with van der Waals surface area (Å²) in [5, 5.41) is 6.39. The maximum absolute atomic E-state index is 12.7. The van der Waals surface area contributed by atoms with Crippen LogP contribution in [0.2, 0.25) is 0 Å². The monoisotopic (exact) mass is 328 g/mol. The minimum absolute atomic E-state index is 0.0121. The molecule has 0 aliphatic carbocycles. The number of benzene rings is 2. The van der Waals surface area contributed by atoms with Gasteiger partial charge in [-0.25, -0.2) is 0 Å². The molecule has 3 nitrogen and oxygen atoms in total. The molecule has 0 fully saturated rings. The van der Waals surface area contributed by atoms with E-state index in [1.807, 2.05) is 49.4 Å². The van der Waals surface area contributed by atoms with Gasteiger partial charge in [0.15, 0.2) is 0 Å². The summed E-state index contributed by atoms with van der Waals surface area (Å²) in [7, 11) is 0. The van der Waals surface area contributed by atoms with Gasteiger partial charge in [-0.15, -0.1) is 0 Å². The maximum Gasteiger partial charge on any atom is 0.212 e. The van der Waals surface area contributed by atoms with Crippen LogP contribution in [-0.2, 0) is 6.54 Å². The van der Waals surface area contributed by atoms with Crippen LogP contribution in [0.15, 0.2) is 53.1 Å². The van der Waals surface area contributed by atoms with Crippen LogP contribution in [-0.4, -0.2) is 15.6 Å². The first-order chi connectivity index (χ1) is 9.70. The van der Waals surface area contributed by atoms with E-state index >= 15 is 0 Å². The number of aromatic nitrogens is 2. The van der Waals surface area contributed by atoms with Crippen molar-refractivity contribution >= 4 is 32.5 Å². The zero-order chi connectivity index (χ0) is 14.1. The average molecular weight is 329 g/mol. The highest BCUT2D eigenvalue weighted by molar-refractivity contribution is 9.10. The van der Waals surface area contributed by atoms with Crippen molar-refractivity contribution in [3.63, 3.8) is 0 Å². The van der Waals surface area contributed by atoms with E-state index in [0.717, 1.165) is 15.2 Å². The number of hydrogen-bond donors (Lipinski definition) is 0. The Balaban J connectivity index is 2.10. The molecule has 0 spiro atoms. The fourth-order valence-corrected chi connectivity index (χ4v) is 2.77. The minimum atomic E-state index is -0.0121. The third-order valence-electron chi connectivity index (χ3n) is 3.32. The molecule has 0 aliphatic rings. The van der Waals surface area contributed by atoms with Crippen LogP contribution in [0.3, 0.4) is 0 Å². The highest BCUT2D eigenvalue weighted by atomic mass is 79.9. The van der Waals surface area contributed by atoms with E-state index in [-0.39, 0.29) is 5.78 Å². The number of rotatable bonds is 3. The van der Waals surface area contributed by atoms with Crippen molar-refractivity contribution in [2.24, 2.45) is 0 Å². The lowest BCUT2D eigenvalue weighted by Gasteiger charge is -2.06. The van der Waals surface area contributed by atoms with E-state index < -0.39 is 0 Å². The zero-order valence-electron chi connectivity index (χ0n) is 11.0. The highest BCUT2D eigenvalue weighted by Gasteiger charge is 2.18. The van der Waals surface area contributed by atoms with Crippen LogP contribution in [0.1, 0.15) is 23.0 Å². The van der Waals surface area contributed by atoms with Crippen LogP contribution in [0.4, 0.5) is 0 Å². The Morgan fingerprint density at radius 2 is 1.95 bits per heavy atom. The molecular weight excluding hydrogens is 316 g/mol. The van der Waals surface area contributed by atoms with Crippen molar-refractivity contribution in [1.29, 1.82) is 0 Å². The molecular formula is C16H13BrN2O. The Bertz CT molecular complexity index is 792. The van der Waals surface area contributed by atoms with Gasteiger partial charge in [-0.1, -0.05) is 36.4 Å². The molecule has 100 valence electrons. The highest BCUT2D eigenvalue weighted by Crippen LogP contribution is 2.22. The SMILES string of the molecule is CCn1ncc(Br)c1C(=O)c1ccc2ccccc2c1. The molecule has 3 aromatic rings. The van der Waals surface area contributed by atoms with Gasteiger partial charge in [-0.2, -0.15) is 5.10 Å². The summed E-state index contributed by atoms with van der Waals surface area (Å²) in [4.78, 5) is 12.7. The lowest BCUT2D eigenvalue weighted by molar-refractivity contribution is 0.102. The van der Waals surface area contributed by atoms with Crippen molar-refractivity contribution in [2.75, 3.05) is 0 Å². The molecule has 0 unspecified atom stereocenters. The second kappa shape index (κ2) is 5.21. The fourth-order valence-electron chi connectivity index (χ4n) is 2.30. The zero-order valence-corrected chi connectivity index (χ0v) is 12.6. The predicted molar refractivity (Wildman–Crippen MR) is 83.0 cm³/mol. The molecule has 1 aromatic heterocycles. The normalized spacial score (nSPS) is 10.9. The molecule has 0 saturated heterocycles. The second-order valence-corrected chi connectivity index (χ2v) is 5.40. The van der Waals surface area contributed by atoms with E-state index in [0.29, 0.717) is 17.8 Å². The number of carbonyl (C=O) groups is 1. The lowest BCUT2D eigenvalue weighted by Crippen LogP contribution is -2.11. The summed E-state index contributed by atoms with van der Waals surface area (Å²) in [6.07, 6.45) is 1.66. The molecule has 0 radical (unpaired) electrons. The van der Waals surface area contributed by atoms with Crippen LogP contribution in [0.25, 0.3) is 10.8 Å². The van der Waals surface area contributed by atoms with Crippen LogP contribution >= 0.6 is 15.9 Å². The fraction of sp³-hybridized carbons (Fsp3) is 0.125. The van der Waals surface area contributed by atoms with Crippen molar-refractivity contribution in [3.05, 3.63) is 64.4 Å². The summed E-state index contributed by atoms with van der Waals surface area (Å²) in [6.45, 7) is 2.64. The van der Waals surface area contributed by atoms with E-state index in [2.05, 4.69) is 21.0 Å². The Kier molecular flexibility index (Phi) is 3.40. The summed E-state index contributed by atoms with van der Waals surface area (Å²) in [5.41, 5.74) is 1.28. The summed E-state index contributed by atoms with van der Waals surface area (Å²) in [5.74, 6) is -0.0121. The molecule has 0 N–H and O–H groups in total. The molecule has 0 aliphatic heterocycles. The smallest absolute Gasteiger partial charge is 0.212 e. The molecule has 0 bridgehead atoms. The van der Waals surface area contributed by atoms with Crippen LogP contribution in [0, 0.1) is 0 Å². The Labute approximate surface area is 125 Å². The largest absolute Gasteiger partial charge is 0.287 e. The maximum atomic E-state index is 12.7. The molecule has 2 aromatic carbocycles. The van der Waals surface area contributed by atoms with E-state index in [1.54, 1.807) is 10.9 Å². The number of halogens is 1. The molecule has 1 heterocycles. The molecule has 0 atom stereocenters. The number of aryl methyl sites for hydroxylation is 1. The average Bonchev–Trinajstić information content (AvgIpc) is 2.87. The number of hydrogen-bond acceptors (Lipinski definition) is 2. The predicted octanol–water partition coefficient (Wildman–Crippen LogP) is 4.05. The van der Waals surface area contributed by atoms with Crippen molar-refractivity contribution in [1.82, 2.24) is 9.78 Å². The van der Waals surface area contributed by atoms with Gasteiger partial charge in [0.25, 0.3) is 0 Å². The second-order valence-electron chi connectivity index (χ2n) is 4.55. The van der Waals surface area contributed by atoms with E-state index in [9.17, 15) is 4.79 Å². The van der Waals surface area contributed by atoms with Crippen molar-refractivity contribution in [2.45, 2.75) is 13.5 Å². The Hall–Kier alpha value is -1.94. The van der Waals surface area contributed by atoms with Crippen molar-refractivity contribution < 1.29 is 4.79 Å². The van der Waals surface area contributed by atoms with Crippen LogP contribution in [0.5, 0.6) is 0 Å². The third-order valence-corrected chi connectivity index (χ3v) is 3.90. The first kappa shape index (κ1) is 13.1. The quantitative estimate of drug-likeness (QED) is 0.680. The minimum Gasteiger partial charge on any atom is -0.287 e.